The standard InChI is InChI=1S/C28H29ClF3N3O4S/c1-2-3-12-35(25(36)21-6-4-5-7-23(21)29)27-33-24(40-27)20-9-8-19(17-22(20)28(30,31)32)39-16-15-34-13-10-18(11-14-34)26(37)38/h4-9,17-18H,2-3,10-16H2,1H3/p+1. The Balaban J connectivity index is 1.49. The third-order valence-electron chi connectivity index (χ3n) is 6.84. The maximum absolute atomic E-state index is 14.0. The van der Waals surface area contributed by atoms with E-state index in [1.54, 1.807) is 24.3 Å². The van der Waals surface area contributed by atoms with Crippen LogP contribution in [0, 0.1) is 5.92 Å². The summed E-state index contributed by atoms with van der Waals surface area (Å²) in [5, 5.41) is 9.90. The van der Waals surface area contributed by atoms with E-state index in [1.165, 1.54) is 17.0 Å². The average molecular weight is 597 g/mol. The predicted molar refractivity (Wildman–Crippen MR) is 150 cm³/mol. The van der Waals surface area contributed by atoms with Crippen molar-refractivity contribution in [2.75, 3.05) is 32.8 Å². The van der Waals surface area contributed by atoms with Crippen molar-refractivity contribution >= 4 is 45.5 Å². The number of benzene rings is 2. The monoisotopic (exact) mass is 596 g/mol. The molecule has 0 atom stereocenters. The van der Waals surface area contributed by atoms with Gasteiger partial charge < -0.3 is 9.84 Å². The fourth-order valence-corrected chi connectivity index (χ4v) is 5.62. The molecule has 0 spiro atoms. The highest BCUT2D eigenvalue weighted by Crippen LogP contribution is 2.37. The number of alkyl halides is 3. The van der Waals surface area contributed by atoms with Gasteiger partial charge >= 0.3 is 23.2 Å². The Hall–Kier alpha value is -2.98. The van der Waals surface area contributed by atoms with E-state index in [-0.39, 0.29) is 34.8 Å². The lowest BCUT2D eigenvalue weighted by Crippen LogP contribution is -2.42. The second-order valence-corrected chi connectivity index (χ2v) is 11.0. The summed E-state index contributed by atoms with van der Waals surface area (Å²) in [5.74, 6) is -1.41. The summed E-state index contributed by atoms with van der Waals surface area (Å²) in [6, 6.07) is 10.4. The van der Waals surface area contributed by atoms with Crippen molar-refractivity contribution in [3.05, 3.63) is 64.2 Å². The van der Waals surface area contributed by atoms with E-state index in [1.807, 2.05) is 11.8 Å². The van der Waals surface area contributed by atoms with Gasteiger partial charge in [-0.3, -0.25) is 9.69 Å². The van der Waals surface area contributed by atoms with Crippen LogP contribution in [-0.2, 0) is 11.0 Å². The lowest BCUT2D eigenvalue weighted by atomic mass is 9.97. The van der Waals surface area contributed by atoms with Gasteiger partial charge in [0.1, 0.15) is 12.4 Å². The van der Waals surface area contributed by atoms with E-state index in [0.717, 1.165) is 24.2 Å². The van der Waals surface area contributed by atoms with Crippen LogP contribution in [0.2, 0.25) is 5.02 Å². The topological polar surface area (TPSA) is 84.2 Å². The summed E-state index contributed by atoms with van der Waals surface area (Å²) < 4.78 is 52.0. The van der Waals surface area contributed by atoms with Crippen LogP contribution in [-0.4, -0.2) is 69.8 Å². The number of amidine groups is 1. The zero-order valence-electron chi connectivity index (χ0n) is 21.9. The number of ether oxygens (including phenoxy) is 1. The summed E-state index contributed by atoms with van der Waals surface area (Å²) in [6.07, 6.45) is -2.03. The molecule has 7 nitrogen and oxygen atoms in total. The molecule has 1 N–H and O–H groups in total. The number of unbranched alkanes of at least 4 members (excludes halogenated alkanes) is 1. The van der Waals surface area contributed by atoms with Gasteiger partial charge in [-0.15, -0.1) is 0 Å². The van der Waals surface area contributed by atoms with Gasteiger partial charge in [-0.1, -0.05) is 37.1 Å². The van der Waals surface area contributed by atoms with Crippen LogP contribution in [0.3, 0.4) is 0 Å². The van der Waals surface area contributed by atoms with E-state index in [0.29, 0.717) is 61.2 Å². The van der Waals surface area contributed by atoms with Crippen molar-refractivity contribution in [2.24, 2.45) is 5.92 Å². The van der Waals surface area contributed by atoms with Crippen molar-refractivity contribution in [1.29, 1.82) is 0 Å². The molecule has 0 radical (unpaired) electrons. The lowest BCUT2D eigenvalue weighted by Gasteiger charge is -2.29. The molecular weight excluding hydrogens is 567 g/mol. The molecule has 0 bridgehead atoms. The van der Waals surface area contributed by atoms with Gasteiger partial charge in [0.25, 0.3) is 5.04 Å². The number of carboxylic acids is 1. The average Bonchev–Trinajstić information content (AvgIpc) is 2.90. The lowest BCUT2D eigenvalue weighted by molar-refractivity contribution is -0.143. The molecule has 1 fully saturated rings. The quantitative estimate of drug-likeness (QED) is 0.370. The minimum absolute atomic E-state index is 0.0787. The smallest absolute Gasteiger partial charge is 0.424 e. The number of rotatable bonds is 10. The Morgan fingerprint density at radius 1 is 1.20 bits per heavy atom. The third kappa shape index (κ3) is 7.20. The molecule has 0 aromatic heterocycles. The summed E-state index contributed by atoms with van der Waals surface area (Å²) >= 11 is 7.24. The van der Waals surface area contributed by atoms with Crippen molar-refractivity contribution in [1.82, 2.24) is 14.5 Å². The van der Waals surface area contributed by atoms with E-state index < -0.39 is 17.7 Å². The summed E-state index contributed by atoms with van der Waals surface area (Å²) in [6.45, 7) is 4.23. The van der Waals surface area contributed by atoms with Crippen LogP contribution in [0.1, 0.15) is 54.1 Å². The molecule has 214 valence electrons. The number of thioether (sulfide) groups is 1. The van der Waals surface area contributed by atoms with Crippen molar-refractivity contribution < 1.29 is 32.6 Å². The molecule has 0 unspecified atom stereocenters. The summed E-state index contributed by atoms with van der Waals surface area (Å²) in [7, 11) is 0. The number of carbonyl (C=O) groups excluding carboxylic acids is 1. The minimum Gasteiger partial charge on any atom is -0.492 e. The molecule has 1 amide bonds. The number of hydrogen-bond acceptors (Lipinski definition) is 5. The number of carboxylic acid groups (broad SMARTS) is 1. The van der Waals surface area contributed by atoms with E-state index in [2.05, 4.69) is 4.67 Å². The van der Waals surface area contributed by atoms with Crippen LogP contribution in [0.4, 0.5) is 13.2 Å². The van der Waals surface area contributed by atoms with E-state index in [9.17, 15) is 22.8 Å². The molecule has 1 saturated heterocycles. The first-order valence-electron chi connectivity index (χ1n) is 13.1. The highest BCUT2D eigenvalue weighted by atomic mass is 35.5. The second-order valence-electron chi connectivity index (χ2n) is 9.60. The zero-order valence-corrected chi connectivity index (χ0v) is 23.5. The summed E-state index contributed by atoms with van der Waals surface area (Å²) in [5.41, 5.74) is -0.638. The normalized spacial score (nSPS) is 16.1. The Morgan fingerprint density at radius 2 is 1.90 bits per heavy atom. The van der Waals surface area contributed by atoms with E-state index in [4.69, 9.17) is 21.4 Å². The van der Waals surface area contributed by atoms with Gasteiger partial charge in [0.15, 0.2) is 0 Å². The minimum atomic E-state index is -4.64. The summed E-state index contributed by atoms with van der Waals surface area (Å²) in [4.78, 5) is 27.8. The molecule has 4 rings (SSSR count). The maximum Gasteiger partial charge on any atom is 0.424 e. The molecule has 0 aliphatic carbocycles. The van der Waals surface area contributed by atoms with Crippen LogP contribution >= 0.6 is 23.4 Å². The second kappa shape index (κ2) is 13.1. The molecule has 2 aromatic rings. The fraction of sp³-hybridized carbons (Fsp3) is 0.429. The van der Waals surface area contributed by atoms with Gasteiger partial charge in [0.05, 0.1) is 45.9 Å². The molecular formula is C28H30ClF3N3O4S+. The number of piperidine rings is 1. The highest BCUT2D eigenvalue weighted by Gasteiger charge is 2.43. The van der Waals surface area contributed by atoms with Gasteiger partial charge in [-0.25, -0.2) is 4.79 Å². The van der Waals surface area contributed by atoms with Gasteiger partial charge in [0, 0.05) is 6.54 Å². The van der Waals surface area contributed by atoms with E-state index >= 15 is 0 Å². The number of halogens is 4. The SMILES string of the molecule is CCCCN(C(=O)c1ccccc1Cl)C1=[N+]=C(c2ccc(OCCN3CCC(C(=O)O)CC3)cc2C(F)(F)F)S1. The number of carbonyl (C=O) groups is 2. The number of likely N-dealkylation sites (tertiary alicyclic amines) is 1. The number of hydrogen-bond donors (Lipinski definition) is 1. The van der Waals surface area contributed by atoms with Gasteiger partial charge in [0.2, 0.25) is 0 Å². The maximum atomic E-state index is 14.0. The number of amides is 1. The molecule has 2 aromatic carbocycles. The Labute approximate surface area is 239 Å². The first kappa shape index (κ1) is 30.0. The molecule has 2 aliphatic rings. The van der Waals surface area contributed by atoms with Crippen LogP contribution < -0.4 is 9.40 Å². The molecule has 0 saturated carbocycles. The number of aliphatic carboxylic acids is 1. The first-order chi connectivity index (χ1) is 19.1. The van der Waals surface area contributed by atoms with Crippen LogP contribution in [0.5, 0.6) is 5.75 Å². The van der Waals surface area contributed by atoms with Gasteiger partial charge in [-0.2, -0.15) is 22.7 Å². The van der Waals surface area contributed by atoms with Crippen LogP contribution in [0.25, 0.3) is 0 Å². The third-order valence-corrected chi connectivity index (χ3v) is 8.17. The van der Waals surface area contributed by atoms with Crippen LogP contribution in [0.15, 0.2) is 42.5 Å². The van der Waals surface area contributed by atoms with Crippen molar-refractivity contribution in [3.8, 4) is 5.75 Å². The van der Waals surface area contributed by atoms with Crippen molar-refractivity contribution in [2.45, 2.75) is 38.8 Å². The Morgan fingerprint density at radius 3 is 2.52 bits per heavy atom. The highest BCUT2D eigenvalue weighted by molar-refractivity contribution is 8.28. The molecule has 12 heteroatoms. The van der Waals surface area contributed by atoms with Gasteiger partial charge in [-0.05, 0) is 62.7 Å². The molecule has 2 heterocycles. The largest absolute Gasteiger partial charge is 0.492 e. The zero-order chi connectivity index (χ0) is 28.9. The molecule has 40 heavy (non-hydrogen) atoms. The Bertz CT molecular complexity index is 1320. The molecule has 2 aliphatic heterocycles. The first-order valence-corrected chi connectivity index (χ1v) is 14.3. The predicted octanol–water partition coefficient (Wildman–Crippen LogP) is 5.39. The fourth-order valence-electron chi connectivity index (χ4n) is 4.52. The Kier molecular flexibility index (Phi) is 9.84. The van der Waals surface area contributed by atoms with Crippen molar-refractivity contribution in [3.63, 3.8) is 0 Å². The number of nitrogens with zero attached hydrogens (tertiary/aromatic N) is 3.